The molecule has 0 saturated carbocycles. The summed E-state index contributed by atoms with van der Waals surface area (Å²) < 4.78 is 2.05. The first-order chi connectivity index (χ1) is 8.22. The molecule has 0 aliphatic rings. The van der Waals surface area contributed by atoms with Crippen molar-refractivity contribution in [2.45, 2.75) is 25.8 Å². The molecule has 0 spiro atoms. The summed E-state index contributed by atoms with van der Waals surface area (Å²) in [6.07, 6.45) is 5.68. The van der Waals surface area contributed by atoms with Crippen LogP contribution in [0.25, 0.3) is 0 Å². The zero-order valence-electron chi connectivity index (χ0n) is 10.2. The predicted octanol–water partition coefficient (Wildman–Crippen LogP) is 1.93. The van der Waals surface area contributed by atoms with Crippen molar-refractivity contribution < 1.29 is 0 Å². The highest BCUT2D eigenvalue weighted by molar-refractivity contribution is 7.08. The van der Waals surface area contributed by atoms with Crippen molar-refractivity contribution in [3.05, 3.63) is 40.1 Å². The average molecular weight is 250 g/mol. The molecule has 17 heavy (non-hydrogen) atoms. The molecular formula is C12H18N4S. The molecule has 1 unspecified atom stereocenters. The molecule has 0 aliphatic heterocycles. The van der Waals surface area contributed by atoms with Crippen LogP contribution in [0.3, 0.4) is 0 Å². The quantitative estimate of drug-likeness (QED) is 0.630. The molecule has 0 bridgehead atoms. The van der Waals surface area contributed by atoms with Gasteiger partial charge in [0.15, 0.2) is 0 Å². The van der Waals surface area contributed by atoms with E-state index in [9.17, 15) is 0 Å². The van der Waals surface area contributed by atoms with Gasteiger partial charge < -0.3 is 4.57 Å². The third-order valence-corrected chi connectivity index (χ3v) is 3.93. The molecular weight excluding hydrogens is 232 g/mol. The van der Waals surface area contributed by atoms with Gasteiger partial charge in [0.05, 0.1) is 0 Å². The molecule has 0 fully saturated rings. The summed E-state index contributed by atoms with van der Waals surface area (Å²) in [5.74, 6) is 6.73. The van der Waals surface area contributed by atoms with Crippen LogP contribution in [-0.4, -0.2) is 9.55 Å². The molecule has 0 saturated heterocycles. The van der Waals surface area contributed by atoms with Gasteiger partial charge in [-0.2, -0.15) is 11.3 Å². The monoisotopic (exact) mass is 250 g/mol. The molecule has 1 atom stereocenters. The van der Waals surface area contributed by atoms with Crippen molar-refractivity contribution in [1.29, 1.82) is 0 Å². The standard InChI is InChI=1S/C12H18N4S/c1-9-7-17-8-10(9)11(15-13)3-4-12-14-5-6-16(12)2/h5-8,11,15H,3-4,13H2,1-2H3. The van der Waals surface area contributed by atoms with Crippen LogP contribution < -0.4 is 11.3 Å². The number of nitrogens with zero attached hydrogens (tertiary/aromatic N) is 2. The van der Waals surface area contributed by atoms with E-state index in [-0.39, 0.29) is 6.04 Å². The second-order valence-electron chi connectivity index (χ2n) is 4.22. The molecule has 3 N–H and O–H groups in total. The smallest absolute Gasteiger partial charge is 0.108 e. The first-order valence-corrected chi connectivity index (χ1v) is 6.61. The van der Waals surface area contributed by atoms with E-state index < -0.39 is 0 Å². The van der Waals surface area contributed by atoms with Gasteiger partial charge in [0.1, 0.15) is 5.82 Å². The third-order valence-electron chi connectivity index (χ3n) is 3.05. The lowest BCUT2D eigenvalue weighted by Crippen LogP contribution is -2.28. The van der Waals surface area contributed by atoms with Gasteiger partial charge in [-0.3, -0.25) is 11.3 Å². The Kier molecular flexibility index (Phi) is 3.93. The molecule has 5 heteroatoms. The number of hydrogen-bond donors (Lipinski definition) is 2. The van der Waals surface area contributed by atoms with Crippen molar-refractivity contribution in [3.8, 4) is 0 Å². The highest BCUT2D eigenvalue weighted by atomic mass is 32.1. The summed E-state index contributed by atoms with van der Waals surface area (Å²) >= 11 is 1.72. The Bertz CT molecular complexity index is 474. The lowest BCUT2D eigenvalue weighted by atomic mass is 10.0. The van der Waals surface area contributed by atoms with Crippen molar-refractivity contribution in [1.82, 2.24) is 15.0 Å². The molecule has 2 heterocycles. The second-order valence-corrected chi connectivity index (χ2v) is 4.97. The van der Waals surface area contributed by atoms with Gasteiger partial charge in [-0.05, 0) is 35.2 Å². The van der Waals surface area contributed by atoms with Crippen molar-refractivity contribution in [2.75, 3.05) is 0 Å². The Morgan fingerprint density at radius 2 is 2.35 bits per heavy atom. The summed E-state index contributed by atoms with van der Waals surface area (Å²) in [6.45, 7) is 2.12. The maximum atomic E-state index is 5.64. The fourth-order valence-electron chi connectivity index (χ4n) is 1.97. The van der Waals surface area contributed by atoms with Crippen LogP contribution in [0.2, 0.25) is 0 Å². The molecule has 0 radical (unpaired) electrons. The Morgan fingerprint density at radius 1 is 1.53 bits per heavy atom. The van der Waals surface area contributed by atoms with Crippen molar-refractivity contribution >= 4 is 11.3 Å². The second kappa shape index (κ2) is 5.44. The number of aryl methyl sites for hydroxylation is 3. The first kappa shape index (κ1) is 12.3. The molecule has 2 rings (SSSR count). The van der Waals surface area contributed by atoms with E-state index in [1.54, 1.807) is 11.3 Å². The highest BCUT2D eigenvalue weighted by Gasteiger charge is 2.13. The lowest BCUT2D eigenvalue weighted by Gasteiger charge is -2.15. The number of aromatic nitrogens is 2. The van der Waals surface area contributed by atoms with Gasteiger partial charge in [0, 0.05) is 31.9 Å². The minimum Gasteiger partial charge on any atom is -0.338 e. The van der Waals surface area contributed by atoms with Gasteiger partial charge in [0.25, 0.3) is 0 Å². The van der Waals surface area contributed by atoms with Gasteiger partial charge in [-0.15, -0.1) is 0 Å². The summed E-state index contributed by atoms with van der Waals surface area (Å²) in [7, 11) is 2.02. The van der Waals surface area contributed by atoms with Crippen LogP contribution in [0.4, 0.5) is 0 Å². The summed E-state index contributed by atoms with van der Waals surface area (Å²) in [5.41, 5.74) is 5.50. The number of nitrogens with two attached hydrogens (primary N) is 1. The lowest BCUT2D eigenvalue weighted by molar-refractivity contribution is 0.506. The number of hydrazine groups is 1. The topological polar surface area (TPSA) is 55.9 Å². The fourth-order valence-corrected chi connectivity index (χ4v) is 2.87. The maximum Gasteiger partial charge on any atom is 0.108 e. The molecule has 0 aromatic carbocycles. The van der Waals surface area contributed by atoms with Crippen LogP contribution in [0.5, 0.6) is 0 Å². The Labute approximate surface area is 105 Å². The van der Waals surface area contributed by atoms with E-state index in [0.717, 1.165) is 18.7 Å². The zero-order valence-corrected chi connectivity index (χ0v) is 11.0. The molecule has 2 aromatic heterocycles. The predicted molar refractivity (Wildman–Crippen MR) is 70.6 cm³/mol. The minimum atomic E-state index is 0.206. The van der Waals surface area contributed by atoms with E-state index in [0.29, 0.717) is 0 Å². The number of nitrogens with one attached hydrogen (secondary N) is 1. The van der Waals surface area contributed by atoms with Crippen LogP contribution in [-0.2, 0) is 13.5 Å². The highest BCUT2D eigenvalue weighted by Crippen LogP contribution is 2.24. The Hall–Kier alpha value is -1.17. The number of hydrogen-bond acceptors (Lipinski definition) is 4. The van der Waals surface area contributed by atoms with E-state index in [1.165, 1.54) is 11.1 Å². The molecule has 2 aromatic rings. The van der Waals surface area contributed by atoms with Crippen molar-refractivity contribution in [2.24, 2.45) is 12.9 Å². The Balaban J connectivity index is 2.02. The molecule has 0 aliphatic carbocycles. The van der Waals surface area contributed by atoms with Gasteiger partial charge in [0.2, 0.25) is 0 Å². The number of rotatable bonds is 5. The zero-order chi connectivity index (χ0) is 12.3. The van der Waals surface area contributed by atoms with E-state index in [1.807, 2.05) is 24.0 Å². The van der Waals surface area contributed by atoms with E-state index in [2.05, 4.69) is 28.1 Å². The van der Waals surface area contributed by atoms with Crippen LogP contribution in [0.15, 0.2) is 23.2 Å². The third kappa shape index (κ3) is 2.74. The largest absolute Gasteiger partial charge is 0.338 e. The fraction of sp³-hybridized carbons (Fsp3) is 0.417. The van der Waals surface area contributed by atoms with E-state index >= 15 is 0 Å². The van der Waals surface area contributed by atoms with Crippen molar-refractivity contribution in [3.63, 3.8) is 0 Å². The SMILES string of the molecule is Cc1cscc1C(CCc1nccn1C)NN. The van der Waals surface area contributed by atoms with E-state index in [4.69, 9.17) is 5.84 Å². The minimum absolute atomic E-state index is 0.206. The molecule has 0 amide bonds. The summed E-state index contributed by atoms with van der Waals surface area (Å²) in [5, 5.41) is 4.32. The Morgan fingerprint density at radius 3 is 2.88 bits per heavy atom. The van der Waals surface area contributed by atoms with Crippen LogP contribution in [0.1, 0.15) is 29.4 Å². The van der Waals surface area contributed by atoms with Crippen LogP contribution >= 0.6 is 11.3 Å². The van der Waals surface area contributed by atoms with Gasteiger partial charge >= 0.3 is 0 Å². The van der Waals surface area contributed by atoms with Gasteiger partial charge in [-0.1, -0.05) is 0 Å². The first-order valence-electron chi connectivity index (χ1n) is 5.67. The summed E-state index contributed by atoms with van der Waals surface area (Å²) in [4.78, 5) is 4.32. The maximum absolute atomic E-state index is 5.64. The van der Waals surface area contributed by atoms with Gasteiger partial charge in [-0.25, -0.2) is 4.98 Å². The summed E-state index contributed by atoms with van der Waals surface area (Å²) in [6, 6.07) is 0.206. The number of imidazole rings is 1. The molecule has 4 nitrogen and oxygen atoms in total. The number of thiophene rings is 1. The molecule has 92 valence electrons. The average Bonchev–Trinajstić information content (AvgIpc) is 2.90. The van der Waals surface area contributed by atoms with Crippen LogP contribution in [0, 0.1) is 6.92 Å². The normalized spacial score (nSPS) is 12.9.